The second-order valence-electron chi connectivity index (χ2n) is 31.4. The van der Waals surface area contributed by atoms with E-state index in [4.69, 9.17) is 0 Å². The van der Waals surface area contributed by atoms with Crippen molar-refractivity contribution in [3.63, 3.8) is 0 Å². The van der Waals surface area contributed by atoms with Crippen LogP contribution in [0.3, 0.4) is 0 Å². The summed E-state index contributed by atoms with van der Waals surface area (Å²) < 4.78 is 7.69. The molecule has 2 aromatic heterocycles. The molecule has 0 atom stereocenters. The Morgan fingerprint density at radius 2 is 0.639 bits per heavy atom. The third kappa shape index (κ3) is 10.4. The molecule has 0 unspecified atom stereocenters. The highest BCUT2D eigenvalue weighted by atomic mass is 79.9. The van der Waals surface area contributed by atoms with E-state index in [0.29, 0.717) is 0 Å². The number of hydrogen-bond donors (Lipinski definition) is 0. The van der Waals surface area contributed by atoms with Crippen molar-refractivity contribution >= 4 is 194 Å². The van der Waals surface area contributed by atoms with E-state index in [2.05, 4.69) is 400 Å². The van der Waals surface area contributed by atoms with Crippen molar-refractivity contribution in [3.8, 4) is 11.1 Å². The van der Waals surface area contributed by atoms with E-state index in [1.165, 1.54) is 206 Å². The molecule has 4 heterocycles. The lowest BCUT2D eigenvalue weighted by Gasteiger charge is -2.42. The summed E-state index contributed by atoms with van der Waals surface area (Å²) in [6, 6.07) is 113. The van der Waals surface area contributed by atoms with Gasteiger partial charge in [-0.25, -0.2) is 0 Å². The highest BCUT2D eigenvalue weighted by molar-refractivity contribution is 9.10. The van der Waals surface area contributed by atoms with Crippen LogP contribution in [0, 0.1) is 13.8 Å². The molecule has 2 nitrogen and oxygen atoms in total. The van der Waals surface area contributed by atoms with Crippen molar-refractivity contribution < 1.29 is 0 Å². The van der Waals surface area contributed by atoms with Crippen molar-refractivity contribution in [2.45, 2.75) is 78.1 Å². The normalized spacial score (nSPS) is 14.4. The van der Waals surface area contributed by atoms with Crippen molar-refractivity contribution in [1.29, 1.82) is 0 Å². The Morgan fingerprint density at radius 1 is 0.250 bits per heavy atom. The Bertz CT molecular complexity index is 6910. The van der Waals surface area contributed by atoms with Crippen LogP contribution in [-0.4, -0.2) is 0 Å². The first-order chi connectivity index (χ1) is 52.5. The second-order valence-corrected chi connectivity index (χ2v) is 35.4. The molecule has 6 heteroatoms. The summed E-state index contributed by atoms with van der Waals surface area (Å²) in [5.74, 6) is 0. The van der Waals surface area contributed by atoms with Gasteiger partial charge in [-0.15, -0.1) is 22.7 Å². The SMILES string of the molecule is Brc1ccc2c3ccc(Br)cc3c3ccccc3c2c1.CC1(C)c2ccccc2Cc2cc3sc4ccccc4c3cc21.Cc1ccccc1-c1cc2c(cc1C)N(c1ccc3c4ccc(N5c6ccccc6C(C)(C)c6cc7c(cc65)sc5ccccc57)cc4c4ccccc4c3c1)c1ccccc1C2(C)C. The summed E-state index contributed by atoms with van der Waals surface area (Å²) in [5, 5.41) is 20.9. The molecule has 2 aliphatic heterocycles. The number of halogens is 2. The minimum absolute atomic E-state index is 0.0708. The fourth-order valence-corrected chi connectivity index (χ4v) is 21.8. The molecule has 3 aliphatic rings. The molecule has 1 aliphatic carbocycles. The highest BCUT2D eigenvalue weighted by Gasteiger charge is 2.40. The average Bonchev–Trinajstić information content (AvgIpc) is 1.03. The van der Waals surface area contributed by atoms with Gasteiger partial charge in [0.2, 0.25) is 0 Å². The molecule has 0 amide bonds. The molecular weight excluding hydrogens is 1480 g/mol. The fourth-order valence-electron chi connectivity index (χ4n) is 18.8. The molecule has 22 rings (SSSR count). The number of nitrogens with zero attached hydrogens (tertiary/aromatic N) is 2. The molecule has 17 aromatic carbocycles. The first-order valence-corrected chi connectivity index (χ1v) is 40.7. The standard InChI is InChI=1S/C62H48N2S.C22H18S.C18H10Br2/c1-37-17-7-8-18-41(37)47-34-53-57(31-38(47)2)63(55-24-14-12-22-51(55)61(53,3)4)39-27-29-44-45-30-28-40(33-49(45)43-20-10-9-19-42(43)48(44)32-39)64-56-25-15-13-23-52(56)62(5,6)54-35-50-46-21-11-16-26-59(46)65-60(50)36-58(54)64;1-22(2)18-9-5-3-7-14(18)11-15-12-21-17(13-19(15)22)16-8-4-6-10-20(16)23-21;19-11-5-7-15-16-8-6-12(20)10-18(16)14-4-2-1-3-13(14)17(15)9-11/h7-36H,1-6H3;3-10,12-13H,11H2,1-2H3;1-10H. The topological polar surface area (TPSA) is 6.48 Å². The minimum Gasteiger partial charge on any atom is -0.310 e. The van der Waals surface area contributed by atoms with Gasteiger partial charge < -0.3 is 9.80 Å². The Morgan fingerprint density at radius 3 is 1.17 bits per heavy atom. The zero-order chi connectivity index (χ0) is 73.2. The Balaban J connectivity index is 0.000000143. The summed E-state index contributed by atoms with van der Waals surface area (Å²) in [6.45, 7) is 18.8. The summed E-state index contributed by atoms with van der Waals surface area (Å²) in [5.41, 5.74) is 23.5. The number of hydrogen-bond acceptors (Lipinski definition) is 4. The summed E-state index contributed by atoms with van der Waals surface area (Å²) >= 11 is 11.0. The van der Waals surface area contributed by atoms with Crippen LogP contribution in [0.25, 0.3) is 116 Å². The summed E-state index contributed by atoms with van der Waals surface area (Å²) in [6.07, 6.45) is 1.05. The minimum atomic E-state index is -0.194. The van der Waals surface area contributed by atoms with Gasteiger partial charge >= 0.3 is 0 Å². The molecule has 0 saturated heterocycles. The van der Waals surface area contributed by atoms with Gasteiger partial charge in [0, 0.05) is 76.9 Å². The van der Waals surface area contributed by atoms with Gasteiger partial charge in [-0.3, -0.25) is 0 Å². The quantitative estimate of drug-likeness (QED) is 0.163. The molecule has 520 valence electrons. The molecule has 0 saturated carbocycles. The van der Waals surface area contributed by atoms with Crippen molar-refractivity contribution in [2.24, 2.45) is 0 Å². The Kier molecular flexibility index (Phi) is 15.6. The molecular formula is C102H76Br2N2S2. The zero-order valence-electron chi connectivity index (χ0n) is 61.5. The number of aryl methyl sites for hydroxylation is 2. The van der Waals surface area contributed by atoms with Crippen LogP contribution in [0.15, 0.2) is 312 Å². The molecule has 0 bridgehead atoms. The van der Waals surface area contributed by atoms with Gasteiger partial charge in [0.1, 0.15) is 0 Å². The molecule has 108 heavy (non-hydrogen) atoms. The molecule has 19 aromatic rings. The number of benzene rings is 17. The van der Waals surface area contributed by atoms with Gasteiger partial charge in [0.05, 0.1) is 22.7 Å². The number of para-hydroxylation sites is 2. The van der Waals surface area contributed by atoms with Crippen LogP contribution in [0.1, 0.15) is 97.2 Å². The van der Waals surface area contributed by atoms with Gasteiger partial charge in [-0.2, -0.15) is 0 Å². The highest BCUT2D eigenvalue weighted by Crippen LogP contribution is 2.58. The maximum atomic E-state index is 3.59. The first kappa shape index (κ1) is 66.7. The van der Waals surface area contributed by atoms with Crippen LogP contribution in [-0.2, 0) is 22.7 Å². The number of anilines is 6. The van der Waals surface area contributed by atoms with Gasteiger partial charge in [0.25, 0.3) is 0 Å². The van der Waals surface area contributed by atoms with Crippen molar-refractivity contribution in [3.05, 3.63) is 368 Å². The smallest absolute Gasteiger partial charge is 0.0517 e. The predicted molar refractivity (Wildman–Crippen MR) is 475 cm³/mol. The first-order valence-electron chi connectivity index (χ1n) is 37.5. The largest absolute Gasteiger partial charge is 0.310 e. The van der Waals surface area contributed by atoms with Crippen LogP contribution in [0.5, 0.6) is 0 Å². The monoisotopic (exact) mass is 1550 g/mol. The van der Waals surface area contributed by atoms with E-state index < -0.39 is 0 Å². The van der Waals surface area contributed by atoms with E-state index in [-0.39, 0.29) is 16.2 Å². The maximum Gasteiger partial charge on any atom is 0.0517 e. The lowest BCUT2D eigenvalue weighted by molar-refractivity contribution is 0.612. The van der Waals surface area contributed by atoms with Crippen molar-refractivity contribution in [1.82, 2.24) is 0 Å². The summed E-state index contributed by atoms with van der Waals surface area (Å²) in [7, 11) is 0. The van der Waals surface area contributed by atoms with E-state index in [9.17, 15) is 0 Å². The van der Waals surface area contributed by atoms with Gasteiger partial charge in [0.15, 0.2) is 0 Å². The van der Waals surface area contributed by atoms with Gasteiger partial charge in [-0.1, -0.05) is 268 Å². The third-order valence-electron chi connectivity index (χ3n) is 24.2. The summed E-state index contributed by atoms with van der Waals surface area (Å²) in [4.78, 5) is 5.05. The number of thiophene rings is 2. The van der Waals surface area contributed by atoms with E-state index >= 15 is 0 Å². The van der Waals surface area contributed by atoms with Crippen LogP contribution in [0.4, 0.5) is 34.1 Å². The lowest BCUT2D eigenvalue weighted by atomic mass is 9.69. The van der Waals surface area contributed by atoms with Crippen LogP contribution in [0.2, 0.25) is 0 Å². The third-order valence-corrected chi connectivity index (χ3v) is 27.4. The Hall–Kier alpha value is -10.7. The van der Waals surface area contributed by atoms with E-state index in [0.717, 1.165) is 15.4 Å². The fraction of sp³-hybridized carbons (Fsp3) is 0.118. The Labute approximate surface area is 655 Å². The van der Waals surface area contributed by atoms with Crippen LogP contribution < -0.4 is 9.80 Å². The zero-order valence-corrected chi connectivity index (χ0v) is 66.3. The molecule has 0 N–H and O–H groups in total. The lowest BCUT2D eigenvalue weighted by Crippen LogP contribution is -2.30. The van der Waals surface area contributed by atoms with Gasteiger partial charge in [-0.05, 0) is 261 Å². The van der Waals surface area contributed by atoms with Crippen LogP contribution >= 0.6 is 54.5 Å². The molecule has 0 fully saturated rings. The number of fused-ring (bicyclic) bond motifs is 24. The van der Waals surface area contributed by atoms with Crippen molar-refractivity contribution in [2.75, 3.05) is 9.80 Å². The maximum absolute atomic E-state index is 3.59. The second kappa shape index (κ2) is 25.2. The molecule has 0 spiro atoms. The average molecular weight is 1550 g/mol. The van der Waals surface area contributed by atoms with E-state index in [1.54, 1.807) is 0 Å². The number of rotatable bonds is 3. The predicted octanol–water partition coefficient (Wildman–Crippen LogP) is 31.0. The molecule has 0 radical (unpaired) electrons. The van der Waals surface area contributed by atoms with E-state index in [1.807, 2.05) is 22.7 Å².